The summed E-state index contributed by atoms with van der Waals surface area (Å²) >= 11 is 0. The molecule has 5 heteroatoms. The predicted octanol–water partition coefficient (Wildman–Crippen LogP) is 0.884. The van der Waals surface area contributed by atoms with Crippen LogP contribution in [-0.2, 0) is 0 Å². The van der Waals surface area contributed by atoms with Gasteiger partial charge < -0.3 is 10.0 Å². The largest absolute Gasteiger partial charge is 0.395 e. The van der Waals surface area contributed by atoms with Gasteiger partial charge in [-0.1, -0.05) is 6.07 Å². The average Bonchev–Trinajstić information content (AvgIpc) is 2.42. The lowest BCUT2D eigenvalue weighted by Gasteiger charge is -2.34. The van der Waals surface area contributed by atoms with Gasteiger partial charge in [0.05, 0.1) is 6.61 Å². The Morgan fingerprint density at radius 2 is 2.00 bits per heavy atom. The standard InChI is InChI=1S/C14H19FN2O2/c1-11-2-3-12(10-13(11)15)14(19)17-6-4-16(5-7-17)8-9-18/h2-3,10,18H,4-9H2,1H3. The Balaban J connectivity index is 1.99. The molecule has 0 aliphatic carbocycles. The molecule has 1 amide bonds. The third kappa shape index (κ3) is 3.30. The summed E-state index contributed by atoms with van der Waals surface area (Å²) in [5.74, 6) is -0.465. The van der Waals surface area contributed by atoms with Crippen LogP contribution in [0.15, 0.2) is 18.2 Å². The van der Waals surface area contributed by atoms with E-state index in [0.717, 1.165) is 13.1 Å². The molecule has 1 saturated heterocycles. The van der Waals surface area contributed by atoms with E-state index in [1.165, 1.54) is 6.07 Å². The molecule has 0 aromatic heterocycles. The molecule has 0 bridgehead atoms. The summed E-state index contributed by atoms with van der Waals surface area (Å²) in [5.41, 5.74) is 0.947. The van der Waals surface area contributed by atoms with Gasteiger partial charge in [-0.3, -0.25) is 9.69 Å². The van der Waals surface area contributed by atoms with Crippen LogP contribution in [0.5, 0.6) is 0 Å². The van der Waals surface area contributed by atoms with Crippen molar-refractivity contribution in [1.29, 1.82) is 0 Å². The molecule has 104 valence electrons. The van der Waals surface area contributed by atoms with Gasteiger partial charge in [-0.25, -0.2) is 4.39 Å². The molecule has 0 radical (unpaired) electrons. The van der Waals surface area contributed by atoms with Gasteiger partial charge in [0.25, 0.3) is 5.91 Å². The van der Waals surface area contributed by atoms with Crippen molar-refractivity contribution in [1.82, 2.24) is 9.80 Å². The molecule has 19 heavy (non-hydrogen) atoms. The Bertz CT molecular complexity index is 457. The first-order valence-corrected chi connectivity index (χ1v) is 6.50. The minimum absolute atomic E-state index is 0.123. The van der Waals surface area contributed by atoms with E-state index in [1.807, 2.05) is 0 Å². The molecule has 4 nitrogen and oxygen atoms in total. The van der Waals surface area contributed by atoms with E-state index in [2.05, 4.69) is 4.90 Å². The van der Waals surface area contributed by atoms with Crippen LogP contribution < -0.4 is 0 Å². The molecule has 1 fully saturated rings. The van der Waals surface area contributed by atoms with Crippen molar-refractivity contribution in [2.45, 2.75) is 6.92 Å². The van der Waals surface area contributed by atoms with Crippen molar-refractivity contribution >= 4 is 5.91 Å². The first kappa shape index (κ1) is 14.0. The lowest BCUT2D eigenvalue weighted by atomic mass is 10.1. The van der Waals surface area contributed by atoms with E-state index < -0.39 is 0 Å². The maximum absolute atomic E-state index is 13.5. The molecule has 2 rings (SSSR count). The summed E-state index contributed by atoms with van der Waals surface area (Å²) in [6.07, 6.45) is 0. The number of amides is 1. The third-order valence-electron chi connectivity index (χ3n) is 3.49. The van der Waals surface area contributed by atoms with Crippen molar-refractivity contribution in [2.24, 2.45) is 0 Å². The zero-order chi connectivity index (χ0) is 13.8. The zero-order valence-corrected chi connectivity index (χ0v) is 11.1. The topological polar surface area (TPSA) is 43.8 Å². The summed E-state index contributed by atoms with van der Waals surface area (Å²) in [6.45, 7) is 5.19. The monoisotopic (exact) mass is 266 g/mol. The number of benzene rings is 1. The number of nitrogens with zero attached hydrogens (tertiary/aromatic N) is 2. The summed E-state index contributed by atoms with van der Waals surface area (Å²) in [7, 11) is 0. The van der Waals surface area contributed by atoms with Gasteiger partial charge in [0.2, 0.25) is 0 Å². The van der Waals surface area contributed by atoms with Crippen LogP contribution in [-0.4, -0.2) is 60.1 Å². The molecule has 1 aliphatic rings. The quantitative estimate of drug-likeness (QED) is 0.883. The number of aliphatic hydroxyl groups excluding tert-OH is 1. The first-order chi connectivity index (χ1) is 9.11. The van der Waals surface area contributed by atoms with Crippen LogP contribution in [0.3, 0.4) is 0 Å². The van der Waals surface area contributed by atoms with E-state index in [9.17, 15) is 9.18 Å². The molecule has 1 aromatic rings. The summed E-state index contributed by atoms with van der Waals surface area (Å²) in [6, 6.07) is 4.60. The number of β-amino-alcohol motifs (C(OH)–C–C–N with tert-alkyl or cyclic N) is 1. The molecule has 0 spiro atoms. The minimum atomic E-state index is -0.343. The van der Waals surface area contributed by atoms with Gasteiger partial charge in [-0.05, 0) is 24.6 Å². The molecule has 1 N–H and O–H groups in total. The molecular weight excluding hydrogens is 247 g/mol. The minimum Gasteiger partial charge on any atom is -0.395 e. The Labute approximate surface area is 112 Å². The van der Waals surface area contributed by atoms with Crippen LogP contribution in [0.2, 0.25) is 0 Å². The number of aryl methyl sites for hydroxylation is 1. The van der Waals surface area contributed by atoms with Gasteiger partial charge in [0.15, 0.2) is 0 Å². The number of piperazine rings is 1. The molecule has 0 unspecified atom stereocenters. The zero-order valence-electron chi connectivity index (χ0n) is 11.1. The maximum atomic E-state index is 13.5. The summed E-state index contributed by atoms with van der Waals surface area (Å²) in [5, 5.41) is 8.86. The number of rotatable bonds is 3. The molecule has 0 atom stereocenters. The highest BCUT2D eigenvalue weighted by atomic mass is 19.1. The molecule has 1 aliphatic heterocycles. The second kappa shape index (κ2) is 6.12. The van der Waals surface area contributed by atoms with Crippen LogP contribution in [0.25, 0.3) is 0 Å². The second-order valence-electron chi connectivity index (χ2n) is 4.82. The van der Waals surface area contributed by atoms with Crippen LogP contribution >= 0.6 is 0 Å². The van der Waals surface area contributed by atoms with E-state index >= 15 is 0 Å². The van der Waals surface area contributed by atoms with E-state index in [0.29, 0.717) is 30.8 Å². The van der Waals surface area contributed by atoms with E-state index in [1.54, 1.807) is 24.0 Å². The van der Waals surface area contributed by atoms with Gasteiger partial charge in [-0.15, -0.1) is 0 Å². The van der Waals surface area contributed by atoms with Crippen molar-refractivity contribution < 1.29 is 14.3 Å². The molecule has 1 aromatic carbocycles. The van der Waals surface area contributed by atoms with E-state index in [-0.39, 0.29) is 18.3 Å². The Morgan fingerprint density at radius 1 is 1.32 bits per heavy atom. The highest BCUT2D eigenvalue weighted by Crippen LogP contribution is 2.13. The smallest absolute Gasteiger partial charge is 0.254 e. The fourth-order valence-electron chi connectivity index (χ4n) is 2.22. The number of aliphatic hydroxyl groups is 1. The fourth-order valence-corrected chi connectivity index (χ4v) is 2.22. The van der Waals surface area contributed by atoms with Crippen molar-refractivity contribution in [3.8, 4) is 0 Å². The lowest BCUT2D eigenvalue weighted by molar-refractivity contribution is 0.0614. The Morgan fingerprint density at radius 3 is 2.58 bits per heavy atom. The third-order valence-corrected chi connectivity index (χ3v) is 3.49. The van der Waals surface area contributed by atoms with Crippen molar-refractivity contribution in [3.05, 3.63) is 35.1 Å². The summed E-state index contributed by atoms with van der Waals surface area (Å²) in [4.78, 5) is 16.1. The molecule has 1 heterocycles. The lowest BCUT2D eigenvalue weighted by Crippen LogP contribution is -2.49. The van der Waals surface area contributed by atoms with Crippen LogP contribution in [0.4, 0.5) is 4.39 Å². The predicted molar refractivity (Wildman–Crippen MR) is 70.6 cm³/mol. The van der Waals surface area contributed by atoms with Crippen molar-refractivity contribution in [2.75, 3.05) is 39.3 Å². The van der Waals surface area contributed by atoms with Crippen LogP contribution in [0.1, 0.15) is 15.9 Å². The summed E-state index contributed by atoms with van der Waals surface area (Å²) < 4.78 is 13.5. The van der Waals surface area contributed by atoms with Gasteiger partial charge in [0.1, 0.15) is 5.82 Å². The average molecular weight is 266 g/mol. The normalized spacial score (nSPS) is 16.7. The van der Waals surface area contributed by atoms with Gasteiger partial charge in [0, 0.05) is 38.3 Å². The number of carbonyl (C=O) groups excluding carboxylic acids is 1. The Kier molecular flexibility index (Phi) is 4.50. The molecule has 0 saturated carbocycles. The Hall–Kier alpha value is -1.46. The highest BCUT2D eigenvalue weighted by Gasteiger charge is 2.22. The second-order valence-corrected chi connectivity index (χ2v) is 4.82. The van der Waals surface area contributed by atoms with Crippen LogP contribution in [0, 0.1) is 12.7 Å². The SMILES string of the molecule is Cc1ccc(C(=O)N2CCN(CCO)CC2)cc1F. The number of halogens is 1. The molecular formula is C14H19FN2O2. The fraction of sp³-hybridized carbons (Fsp3) is 0.500. The number of hydrogen-bond acceptors (Lipinski definition) is 3. The number of hydrogen-bond donors (Lipinski definition) is 1. The highest BCUT2D eigenvalue weighted by molar-refractivity contribution is 5.94. The van der Waals surface area contributed by atoms with Gasteiger partial charge >= 0.3 is 0 Å². The maximum Gasteiger partial charge on any atom is 0.254 e. The van der Waals surface area contributed by atoms with Crippen molar-refractivity contribution in [3.63, 3.8) is 0 Å². The van der Waals surface area contributed by atoms with Gasteiger partial charge in [-0.2, -0.15) is 0 Å². The van der Waals surface area contributed by atoms with E-state index in [4.69, 9.17) is 5.11 Å². The first-order valence-electron chi connectivity index (χ1n) is 6.50. The number of carbonyl (C=O) groups is 1.